The van der Waals surface area contributed by atoms with Gasteiger partial charge in [-0.25, -0.2) is 9.97 Å². The highest BCUT2D eigenvalue weighted by molar-refractivity contribution is 6.31. The fraction of sp³-hybridized carbons (Fsp3) is 0.406. The molecule has 1 aromatic heterocycles. The highest BCUT2D eigenvalue weighted by atomic mass is 35.5. The van der Waals surface area contributed by atoms with E-state index in [2.05, 4.69) is 32.7 Å². The summed E-state index contributed by atoms with van der Waals surface area (Å²) < 4.78 is 6.15. The zero-order valence-corrected chi connectivity index (χ0v) is 26.2. The predicted molar refractivity (Wildman–Crippen MR) is 172 cm³/mol. The second kappa shape index (κ2) is 15.5. The van der Waals surface area contributed by atoms with Crippen LogP contribution in [0.4, 0.5) is 11.6 Å². The summed E-state index contributed by atoms with van der Waals surface area (Å²) in [5.74, 6) is -1.17. The molecule has 2 heterocycles. The SMILES string of the molecule is COc1ccc(CCC[N+]2(CCCc3ccc(C(=O)NCC(=O)O)cc3)CCCC(NC(=O)c3nc(Cl)c(N)nc3N)C2)cc1. The van der Waals surface area contributed by atoms with E-state index in [9.17, 15) is 14.4 Å². The van der Waals surface area contributed by atoms with Crippen LogP contribution < -0.4 is 26.8 Å². The van der Waals surface area contributed by atoms with Crippen LogP contribution in [0, 0.1) is 0 Å². The van der Waals surface area contributed by atoms with Gasteiger partial charge in [-0.2, -0.15) is 0 Å². The van der Waals surface area contributed by atoms with Gasteiger partial charge in [-0.3, -0.25) is 14.4 Å². The third-order valence-electron chi connectivity index (χ3n) is 8.22. The smallest absolute Gasteiger partial charge is 0.322 e. The molecule has 0 bridgehead atoms. The number of rotatable bonds is 14. The van der Waals surface area contributed by atoms with Gasteiger partial charge in [0.05, 0.1) is 39.3 Å². The molecule has 0 aliphatic carbocycles. The molecule has 1 fully saturated rings. The first-order valence-electron chi connectivity index (χ1n) is 15.0. The van der Waals surface area contributed by atoms with E-state index in [0.717, 1.165) is 80.5 Å². The number of aliphatic carboxylic acids is 1. The lowest BCUT2D eigenvalue weighted by Crippen LogP contribution is -2.60. The molecule has 2 aromatic carbocycles. The number of carboxylic acids is 1. The molecule has 3 aromatic rings. The number of carbonyl (C=O) groups is 3. The number of nitrogen functional groups attached to an aromatic ring is 2. The number of hydrogen-bond donors (Lipinski definition) is 5. The van der Waals surface area contributed by atoms with Gasteiger partial charge in [-0.05, 0) is 61.1 Å². The number of quaternary nitrogens is 1. The third kappa shape index (κ3) is 9.53. The summed E-state index contributed by atoms with van der Waals surface area (Å²) in [4.78, 5) is 44.0. The minimum atomic E-state index is -1.09. The number of halogens is 1. The van der Waals surface area contributed by atoms with Crippen LogP contribution in [0.25, 0.3) is 0 Å². The molecule has 2 unspecified atom stereocenters. The molecule has 2 amide bonds. The van der Waals surface area contributed by atoms with Gasteiger partial charge in [-0.15, -0.1) is 0 Å². The average molecular weight is 639 g/mol. The van der Waals surface area contributed by atoms with Crippen molar-refractivity contribution in [1.82, 2.24) is 20.6 Å². The Morgan fingerprint density at radius 3 is 2.18 bits per heavy atom. The number of nitrogens with two attached hydrogens (primary N) is 2. The van der Waals surface area contributed by atoms with Crippen molar-refractivity contribution in [1.29, 1.82) is 0 Å². The normalized spacial score (nSPS) is 17.8. The summed E-state index contributed by atoms with van der Waals surface area (Å²) in [7, 11) is 1.66. The van der Waals surface area contributed by atoms with E-state index >= 15 is 0 Å². The van der Waals surface area contributed by atoms with Crippen LogP contribution in [0.1, 0.15) is 57.7 Å². The van der Waals surface area contributed by atoms with Crippen molar-refractivity contribution in [2.24, 2.45) is 0 Å². The number of benzene rings is 2. The molecule has 13 heteroatoms. The van der Waals surface area contributed by atoms with Gasteiger partial charge < -0.3 is 36.4 Å². The number of anilines is 2. The summed E-state index contributed by atoms with van der Waals surface area (Å²) in [5, 5.41) is 14.2. The Hall–Kier alpha value is -4.42. The second-order valence-electron chi connectivity index (χ2n) is 11.5. The van der Waals surface area contributed by atoms with Crippen molar-refractivity contribution in [2.75, 3.05) is 51.3 Å². The Morgan fingerprint density at radius 1 is 0.956 bits per heavy atom. The topological polar surface area (TPSA) is 183 Å². The molecular weight excluding hydrogens is 598 g/mol. The van der Waals surface area contributed by atoms with Crippen molar-refractivity contribution in [3.63, 3.8) is 0 Å². The molecule has 45 heavy (non-hydrogen) atoms. The van der Waals surface area contributed by atoms with Crippen molar-refractivity contribution in [3.05, 3.63) is 76.1 Å². The monoisotopic (exact) mass is 638 g/mol. The molecule has 7 N–H and O–H groups in total. The fourth-order valence-corrected chi connectivity index (χ4v) is 6.06. The van der Waals surface area contributed by atoms with Crippen LogP contribution in [0.3, 0.4) is 0 Å². The van der Waals surface area contributed by atoms with Crippen LogP contribution >= 0.6 is 11.6 Å². The molecule has 1 aliphatic rings. The molecule has 0 spiro atoms. The van der Waals surface area contributed by atoms with Gasteiger partial charge >= 0.3 is 5.97 Å². The number of ether oxygens (including phenoxy) is 1. The van der Waals surface area contributed by atoms with E-state index in [4.69, 9.17) is 32.9 Å². The van der Waals surface area contributed by atoms with E-state index in [1.807, 2.05) is 24.3 Å². The number of hydrogen-bond acceptors (Lipinski definition) is 8. The summed E-state index contributed by atoms with van der Waals surface area (Å²) in [6.07, 6.45) is 5.45. The molecule has 1 aliphatic heterocycles. The number of aromatic nitrogens is 2. The molecule has 2 atom stereocenters. The first-order valence-corrected chi connectivity index (χ1v) is 15.4. The number of nitrogens with zero attached hydrogens (tertiary/aromatic N) is 3. The van der Waals surface area contributed by atoms with Crippen LogP contribution in [0.15, 0.2) is 48.5 Å². The van der Waals surface area contributed by atoms with Gasteiger partial charge in [0.2, 0.25) is 0 Å². The van der Waals surface area contributed by atoms with Crippen LogP contribution in [-0.4, -0.2) is 83.2 Å². The minimum absolute atomic E-state index is 0.0213. The van der Waals surface area contributed by atoms with Gasteiger partial charge in [0, 0.05) is 18.4 Å². The van der Waals surface area contributed by atoms with Crippen LogP contribution in [0.2, 0.25) is 5.15 Å². The quantitative estimate of drug-likeness (QED) is 0.166. The van der Waals surface area contributed by atoms with E-state index in [0.29, 0.717) is 5.56 Å². The maximum absolute atomic E-state index is 13.1. The Balaban J connectivity index is 1.41. The molecule has 1 saturated heterocycles. The summed E-state index contributed by atoms with van der Waals surface area (Å²) in [6.45, 7) is 3.23. The zero-order chi connectivity index (χ0) is 32.4. The maximum Gasteiger partial charge on any atom is 0.322 e. The van der Waals surface area contributed by atoms with E-state index in [-0.39, 0.29) is 28.5 Å². The minimum Gasteiger partial charge on any atom is -0.497 e. The lowest BCUT2D eigenvalue weighted by atomic mass is 9.99. The van der Waals surface area contributed by atoms with Crippen LogP contribution in [0.5, 0.6) is 5.75 Å². The van der Waals surface area contributed by atoms with E-state index in [1.54, 1.807) is 19.2 Å². The first kappa shape index (κ1) is 33.5. The second-order valence-corrected chi connectivity index (χ2v) is 11.8. The molecule has 0 saturated carbocycles. The Morgan fingerprint density at radius 2 is 1.58 bits per heavy atom. The third-order valence-corrected chi connectivity index (χ3v) is 8.50. The Labute approximate surface area is 267 Å². The van der Waals surface area contributed by atoms with Gasteiger partial charge in [0.1, 0.15) is 12.3 Å². The number of amides is 2. The number of methoxy groups -OCH3 is 1. The maximum atomic E-state index is 13.1. The van der Waals surface area contributed by atoms with Crippen molar-refractivity contribution in [3.8, 4) is 5.75 Å². The zero-order valence-electron chi connectivity index (χ0n) is 25.4. The Bertz CT molecular complexity index is 1490. The predicted octanol–water partition coefficient (Wildman–Crippen LogP) is 3.09. The summed E-state index contributed by atoms with van der Waals surface area (Å²) in [5.41, 5.74) is 14.3. The largest absolute Gasteiger partial charge is 0.497 e. The lowest BCUT2D eigenvalue weighted by Gasteiger charge is -2.45. The molecule has 0 radical (unpaired) electrons. The molecule has 4 rings (SSSR count). The summed E-state index contributed by atoms with van der Waals surface area (Å²) >= 11 is 6.01. The molecule has 240 valence electrons. The Kier molecular flexibility index (Phi) is 11.6. The van der Waals surface area contributed by atoms with Crippen LogP contribution in [-0.2, 0) is 17.6 Å². The highest BCUT2D eigenvalue weighted by Crippen LogP contribution is 2.24. The number of nitrogens with one attached hydrogen (secondary N) is 2. The number of piperidine rings is 1. The van der Waals surface area contributed by atoms with Crippen molar-refractivity contribution < 1.29 is 28.7 Å². The number of aryl methyl sites for hydroxylation is 2. The van der Waals surface area contributed by atoms with E-state index < -0.39 is 24.3 Å². The van der Waals surface area contributed by atoms with E-state index in [1.165, 1.54) is 5.56 Å². The molecular formula is C32H41ClN7O5+. The first-order chi connectivity index (χ1) is 21.6. The average Bonchev–Trinajstić information content (AvgIpc) is 3.02. The number of likely N-dealkylation sites (tertiary alicyclic amines) is 1. The lowest BCUT2D eigenvalue weighted by molar-refractivity contribution is -0.933. The van der Waals surface area contributed by atoms with Gasteiger partial charge in [0.25, 0.3) is 11.8 Å². The van der Waals surface area contributed by atoms with Gasteiger partial charge in [0.15, 0.2) is 22.5 Å². The molecule has 12 nitrogen and oxygen atoms in total. The number of carbonyl (C=O) groups excluding carboxylic acids is 2. The van der Waals surface area contributed by atoms with Crippen molar-refractivity contribution in [2.45, 2.75) is 44.6 Å². The highest BCUT2D eigenvalue weighted by Gasteiger charge is 2.35. The standard InChI is InChI=1S/C32H40ClN7O5/c1-45-25-14-10-22(11-15-25)6-3-17-40(16-2-5-21-8-12-23(13-9-21)31(43)36-19-26(41)42)18-4-7-24(20-40)37-32(44)27-29(34)39-30(35)28(33)38-27/h8-15,24H,2-7,16-20H2,1H3,(H6-,34,35,36,37,39,41,42,43,44)/p+1. The van der Waals surface area contributed by atoms with Crippen molar-refractivity contribution >= 4 is 41.0 Å². The fourth-order valence-electron chi connectivity index (χ4n) is 5.93. The van der Waals surface area contributed by atoms with Gasteiger partial charge in [-0.1, -0.05) is 35.9 Å². The summed E-state index contributed by atoms with van der Waals surface area (Å²) in [6, 6.07) is 15.3. The number of carboxylic acid groups (broad SMARTS) is 1.